The molecule has 0 aromatic heterocycles. The van der Waals surface area contributed by atoms with E-state index in [1.54, 1.807) is 0 Å². The van der Waals surface area contributed by atoms with Crippen molar-refractivity contribution < 1.29 is 4.43 Å². The highest BCUT2D eigenvalue weighted by Crippen LogP contribution is 2.40. The highest BCUT2D eigenvalue weighted by Gasteiger charge is 2.41. The van der Waals surface area contributed by atoms with Crippen LogP contribution < -0.4 is 0 Å². The summed E-state index contributed by atoms with van der Waals surface area (Å²) in [6.07, 6.45) is 1.25. The van der Waals surface area contributed by atoms with Gasteiger partial charge in [0.15, 0.2) is 0 Å². The molecule has 0 spiro atoms. The zero-order valence-corrected chi connectivity index (χ0v) is 13.9. The van der Waals surface area contributed by atoms with Gasteiger partial charge in [-0.2, -0.15) is 0 Å². The zero-order valence-electron chi connectivity index (χ0n) is 9.78. The van der Waals surface area contributed by atoms with Crippen LogP contribution in [0.2, 0.25) is 0 Å². The summed E-state index contributed by atoms with van der Waals surface area (Å²) in [6.45, 7) is 11.4. The molecule has 0 aliphatic heterocycles. The molecule has 0 rings (SSSR count). The fraction of sp³-hybridized carbons (Fsp3) is 1.00. The van der Waals surface area contributed by atoms with E-state index in [0.717, 1.165) is 10.5 Å². The van der Waals surface area contributed by atoms with Crippen LogP contribution in [0.3, 0.4) is 0 Å². The second kappa shape index (κ2) is 5.12. The second-order valence-corrected chi connectivity index (χ2v) is 6.43. The van der Waals surface area contributed by atoms with Crippen molar-refractivity contribution in [3.05, 3.63) is 0 Å². The Hall–Kier alpha value is 0.907. The summed E-state index contributed by atoms with van der Waals surface area (Å²) >= 11 is 2.44. The Bertz CT molecular complexity index is 155. The third kappa shape index (κ3) is 3.20. The van der Waals surface area contributed by atoms with Gasteiger partial charge in [0, 0.05) is 0 Å². The van der Waals surface area contributed by atoms with Gasteiger partial charge >= 0.3 is 0 Å². The molecule has 13 heavy (non-hydrogen) atoms. The quantitative estimate of drug-likeness (QED) is 0.440. The van der Waals surface area contributed by atoms with Crippen molar-refractivity contribution in [3.63, 3.8) is 0 Å². The minimum Gasteiger partial charge on any atom is -0.422 e. The molecule has 0 radical (unpaired) electrons. The third-order valence-electron chi connectivity index (χ3n) is 3.40. The van der Waals surface area contributed by atoms with Gasteiger partial charge in [0.25, 0.3) is 0 Å². The molecule has 0 fully saturated rings. The summed E-state index contributed by atoms with van der Waals surface area (Å²) in [5.74, 6) is 0.641. The Morgan fingerprint density at radius 3 is 2.00 bits per heavy atom. The Balaban J connectivity index is 4.62. The molecule has 1 nitrogen and oxygen atoms in total. The van der Waals surface area contributed by atoms with Gasteiger partial charge in [0.05, 0.1) is 5.60 Å². The van der Waals surface area contributed by atoms with Crippen molar-refractivity contribution in [3.8, 4) is 0 Å². The van der Waals surface area contributed by atoms with Crippen LogP contribution in [0.1, 0.15) is 41.0 Å². The Morgan fingerprint density at radius 2 is 1.77 bits per heavy atom. The number of hydrogen-bond acceptors (Lipinski definition) is 1. The Kier molecular flexibility index (Phi) is 5.48. The molecule has 0 aliphatic rings. The summed E-state index contributed by atoms with van der Waals surface area (Å²) in [4.78, 5) is 0. The van der Waals surface area contributed by atoms with E-state index < -0.39 is 0 Å². The number of hydrogen-bond donors (Lipinski definition) is 0. The summed E-state index contributed by atoms with van der Waals surface area (Å²) in [5, 5.41) is 0. The minimum absolute atomic E-state index is 0.0460. The van der Waals surface area contributed by atoms with Crippen molar-refractivity contribution in [2.45, 2.75) is 46.6 Å². The first kappa shape index (κ1) is 13.9. The van der Waals surface area contributed by atoms with Crippen molar-refractivity contribution in [2.75, 3.05) is 4.43 Å². The van der Waals surface area contributed by atoms with Crippen LogP contribution in [-0.4, -0.2) is 20.5 Å². The molecule has 0 aliphatic carbocycles. The predicted molar refractivity (Wildman–Crippen MR) is 71.6 cm³/mol. The van der Waals surface area contributed by atoms with Gasteiger partial charge in [-0.05, 0) is 29.1 Å². The van der Waals surface area contributed by atoms with Crippen molar-refractivity contribution in [1.82, 2.24) is 0 Å². The van der Waals surface area contributed by atoms with Gasteiger partial charge in [0.2, 0.25) is 0 Å². The van der Waals surface area contributed by atoms with Crippen LogP contribution in [0.4, 0.5) is 0 Å². The SMILES string of the molecule is CC(CCI)C(C)(O[SiH3])C(C)(C)C. The lowest BCUT2D eigenvalue weighted by atomic mass is 9.70. The first-order valence-electron chi connectivity index (χ1n) is 4.90. The van der Waals surface area contributed by atoms with E-state index in [1.807, 2.05) is 0 Å². The van der Waals surface area contributed by atoms with E-state index in [9.17, 15) is 0 Å². The predicted octanol–water partition coefficient (Wildman–Crippen LogP) is 2.55. The normalized spacial score (nSPS) is 19.8. The fourth-order valence-corrected chi connectivity index (χ4v) is 3.63. The number of rotatable bonds is 4. The smallest absolute Gasteiger partial charge is 0.146 e. The molecule has 0 saturated heterocycles. The second-order valence-electron chi connectivity index (χ2n) is 4.94. The average molecular weight is 314 g/mol. The number of halogens is 1. The van der Waals surface area contributed by atoms with E-state index in [2.05, 4.69) is 57.2 Å². The molecule has 2 unspecified atom stereocenters. The highest BCUT2D eigenvalue weighted by molar-refractivity contribution is 14.1. The van der Waals surface area contributed by atoms with Crippen molar-refractivity contribution >= 4 is 33.1 Å². The molecular formula is C10H23IOSi. The molecule has 0 N–H and O–H groups in total. The molecule has 3 heteroatoms. The highest BCUT2D eigenvalue weighted by atomic mass is 127. The minimum atomic E-state index is 0.0460. The van der Waals surface area contributed by atoms with E-state index in [1.165, 1.54) is 10.8 Å². The molecule has 0 aromatic rings. The molecule has 0 heterocycles. The lowest BCUT2D eigenvalue weighted by Crippen LogP contribution is -2.47. The summed E-state index contributed by atoms with van der Waals surface area (Å²) < 4.78 is 7.07. The first-order valence-corrected chi connectivity index (χ1v) is 7.25. The van der Waals surface area contributed by atoms with Gasteiger partial charge < -0.3 is 4.43 Å². The number of alkyl halides is 1. The van der Waals surface area contributed by atoms with Crippen LogP contribution in [0, 0.1) is 11.3 Å². The molecular weight excluding hydrogens is 291 g/mol. The lowest BCUT2D eigenvalue weighted by Gasteiger charge is -2.46. The lowest BCUT2D eigenvalue weighted by molar-refractivity contribution is -0.0559. The van der Waals surface area contributed by atoms with Gasteiger partial charge in [-0.15, -0.1) is 0 Å². The van der Waals surface area contributed by atoms with Crippen molar-refractivity contribution in [1.29, 1.82) is 0 Å². The molecule has 80 valence electrons. The molecule has 0 amide bonds. The third-order valence-corrected chi connectivity index (χ3v) is 4.87. The largest absolute Gasteiger partial charge is 0.422 e. The van der Waals surface area contributed by atoms with E-state index in [-0.39, 0.29) is 11.0 Å². The fourth-order valence-electron chi connectivity index (χ4n) is 1.69. The van der Waals surface area contributed by atoms with Crippen LogP contribution in [-0.2, 0) is 4.43 Å². The maximum atomic E-state index is 5.85. The average Bonchev–Trinajstić information content (AvgIpc) is 2.01. The Morgan fingerprint density at radius 1 is 1.31 bits per heavy atom. The van der Waals surface area contributed by atoms with Crippen LogP contribution >= 0.6 is 22.6 Å². The van der Waals surface area contributed by atoms with Crippen molar-refractivity contribution in [2.24, 2.45) is 11.3 Å². The monoisotopic (exact) mass is 314 g/mol. The standard InChI is InChI=1S/C10H23IOSi/c1-8(6-7-11)10(5,12-13)9(2,3)4/h8H,6-7H2,1-5,13H3. The summed E-state index contributed by atoms with van der Waals surface area (Å²) in [5.41, 5.74) is 0.282. The maximum absolute atomic E-state index is 5.85. The van der Waals surface area contributed by atoms with Gasteiger partial charge in [-0.3, -0.25) is 0 Å². The molecule has 2 atom stereocenters. The van der Waals surface area contributed by atoms with E-state index >= 15 is 0 Å². The van der Waals surface area contributed by atoms with Gasteiger partial charge in [-0.25, -0.2) is 0 Å². The van der Waals surface area contributed by atoms with Crippen LogP contribution in [0.15, 0.2) is 0 Å². The zero-order chi connectivity index (χ0) is 10.7. The Labute approximate surface area is 99.7 Å². The summed E-state index contributed by atoms with van der Waals surface area (Å²) in [6, 6.07) is 0. The van der Waals surface area contributed by atoms with E-state index in [4.69, 9.17) is 4.43 Å². The van der Waals surface area contributed by atoms with Gasteiger partial charge in [0.1, 0.15) is 10.5 Å². The van der Waals surface area contributed by atoms with Crippen LogP contribution in [0.25, 0.3) is 0 Å². The molecule has 0 bridgehead atoms. The maximum Gasteiger partial charge on any atom is 0.146 e. The summed E-state index contributed by atoms with van der Waals surface area (Å²) in [7, 11) is 0.830. The topological polar surface area (TPSA) is 9.23 Å². The van der Waals surface area contributed by atoms with Crippen LogP contribution in [0.5, 0.6) is 0 Å². The first-order chi connectivity index (χ1) is 5.79. The van der Waals surface area contributed by atoms with Gasteiger partial charge in [-0.1, -0.05) is 50.3 Å². The molecule has 0 aromatic carbocycles. The molecule has 0 saturated carbocycles. The van der Waals surface area contributed by atoms with E-state index in [0.29, 0.717) is 5.92 Å².